The molecule has 0 unspecified atom stereocenters. The highest BCUT2D eigenvalue weighted by Gasteiger charge is 2.07. The molecule has 4 nitrogen and oxygen atoms in total. The highest BCUT2D eigenvalue weighted by atomic mass is 35.5. The summed E-state index contributed by atoms with van der Waals surface area (Å²) in [7, 11) is 0. The molecule has 0 spiro atoms. The van der Waals surface area contributed by atoms with Crippen molar-refractivity contribution in [1.29, 1.82) is 0 Å². The Labute approximate surface area is 158 Å². The van der Waals surface area contributed by atoms with Crippen LogP contribution in [0.2, 0.25) is 5.02 Å². The van der Waals surface area contributed by atoms with Gasteiger partial charge >= 0.3 is 0 Å². The molecule has 0 atom stereocenters. The summed E-state index contributed by atoms with van der Waals surface area (Å²) in [5.41, 5.74) is 3.66. The van der Waals surface area contributed by atoms with Gasteiger partial charge in [0.25, 0.3) is 5.91 Å². The summed E-state index contributed by atoms with van der Waals surface area (Å²) in [5, 5.41) is 6.92. The molecule has 0 aliphatic rings. The summed E-state index contributed by atoms with van der Waals surface area (Å²) in [6, 6.07) is 19.5. The van der Waals surface area contributed by atoms with Gasteiger partial charge in [0.2, 0.25) is 0 Å². The molecule has 0 aliphatic heterocycles. The number of anilines is 1. The van der Waals surface area contributed by atoms with Gasteiger partial charge in [-0.15, -0.1) is 0 Å². The van der Waals surface area contributed by atoms with Crippen LogP contribution in [0.5, 0.6) is 0 Å². The molecule has 132 valence electrons. The summed E-state index contributed by atoms with van der Waals surface area (Å²) in [5.74, 6) is -0.130. The number of aromatic nitrogens is 1. The zero-order valence-corrected chi connectivity index (χ0v) is 15.0. The number of nitrogens with zero attached hydrogens (tertiary/aromatic N) is 1. The number of pyridine rings is 1. The van der Waals surface area contributed by atoms with Crippen LogP contribution in [-0.4, -0.2) is 17.4 Å². The first-order valence-electron chi connectivity index (χ1n) is 8.46. The molecule has 1 aromatic heterocycles. The Bertz CT molecular complexity index is 851. The number of hydrogen-bond acceptors (Lipinski definition) is 3. The number of carbonyl (C=O) groups is 1. The van der Waals surface area contributed by atoms with E-state index in [0.29, 0.717) is 23.7 Å². The van der Waals surface area contributed by atoms with Gasteiger partial charge in [0.05, 0.1) is 11.3 Å². The number of benzene rings is 2. The van der Waals surface area contributed by atoms with Crippen molar-refractivity contribution in [3.8, 4) is 0 Å². The molecule has 3 aromatic rings. The zero-order chi connectivity index (χ0) is 18.2. The van der Waals surface area contributed by atoms with E-state index < -0.39 is 0 Å². The molecule has 2 N–H and O–H groups in total. The Morgan fingerprint density at radius 3 is 2.50 bits per heavy atom. The molecule has 26 heavy (non-hydrogen) atoms. The van der Waals surface area contributed by atoms with Crippen LogP contribution in [0.1, 0.15) is 21.5 Å². The summed E-state index contributed by atoms with van der Waals surface area (Å²) < 4.78 is 0. The molecule has 0 aliphatic carbocycles. The van der Waals surface area contributed by atoms with Crippen LogP contribution in [0.4, 0.5) is 5.69 Å². The number of carbonyl (C=O) groups excluding carboxylic acids is 1. The van der Waals surface area contributed by atoms with Crippen LogP contribution in [0, 0.1) is 0 Å². The van der Waals surface area contributed by atoms with Gasteiger partial charge in [-0.1, -0.05) is 54.1 Å². The van der Waals surface area contributed by atoms with E-state index in [1.807, 2.05) is 60.7 Å². The molecule has 0 bridgehead atoms. The fourth-order valence-electron chi connectivity index (χ4n) is 2.53. The van der Waals surface area contributed by atoms with Crippen molar-refractivity contribution in [2.24, 2.45) is 0 Å². The first-order valence-corrected chi connectivity index (χ1v) is 8.84. The van der Waals surface area contributed by atoms with E-state index in [4.69, 9.17) is 11.6 Å². The van der Waals surface area contributed by atoms with Crippen LogP contribution in [-0.2, 0) is 13.0 Å². The summed E-state index contributed by atoms with van der Waals surface area (Å²) in [4.78, 5) is 16.5. The largest absolute Gasteiger partial charge is 0.380 e. The standard InChI is InChI=1S/C21H20ClN3O/c22-19-8-6-16(7-9-19)10-11-24-21(26)18-12-20(15-23-14-18)25-13-17-4-2-1-3-5-17/h1-9,12,14-15,25H,10-11,13H2,(H,24,26). The van der Waals surface area contributed by atoms with Crippen molar-refractivity contribution in [3.05, 3.63) is 94.8 Å². The van der Waals surface area contributed by atoms with Crippen LogP contribution in [0.3, 0.4) is 0 Å². The third kappa shape index (κ3) is 5.33. The molecule has 1 heterocycles. The Morgan fingerprint density at radius 2 is 1.73 bits per heavy atom. The number of nitrogens with one attached hydrogen (secondary N) is 2. The lowest BCUT2D eigenvalue weighted by molar-refractivity contribution is 0.0954. The van der Waals surface area contributed by atoms with Crippen molar-refractivity contribution < 1.29 is 4.79 Å². The van der Waals surface area contributed by atoms with Crippen molar-refractivity contribution >= 4 is 23.2 Å². The summed E-state index contributed by atoms with van der Waals surface area (Å²) in [6.07, 6.45) is 4.04. The van der Waals surface area contributed by atoms with Gasteiger partial charge in [-0.05, 0) is 35.7 Å². The molecule has 0 saturated carbocycles. The predicted molar refractivity (Wildman–Crippen MR) is 105 cm³/mol. The molecule has 0 saturated heterocycles. The summed E-state index contributed by atoms with van der Waals surface area (Å²) in [6.45, 7) is 1.24. The predicted octanol–water partition coefficient (Wildman–Crippen LogP) is 4.32. The van der Waals surface area contributed by atoms with E-state index in [-0.39, 0.29) is 5.91 Å². The van der Waals surface area contributed by atoms with Crippen molar-refractivity contribution in [2.75, 3.05) is 11.9 Å². The van der Waals surface area contributed by atoms with Crippen LogP contribution >= 0.6 is 11.6 Å². The topological polar surface area (TPSA) is 54.0 Å². The van der Waals surface area contributed by atoms with Crippen molar-refractivity contribution in [2.45, 2.75) is 13.0 Å². The maximum absolute atomic E-state index is 12.3. The van der Waals surface area contributed by atoms with Gasteiger partial charge in [0, 0.05) is 30.5 Å². The van der Waals surface area contributed by atoms with Crippen molar-refractivity contribution in [1.82, 2.24) is 10.3 Å². The molecule has 0 radical (unpaired) electrons. The third-order valence-electron chi connectivity index (χ3n) is 3.95. The normalized spacial score (nSPS) is 10.3. The lowest BCUT2D eigenvalue weighted by atomic mass is 10.1. The maximum atomic E-state index is 12.3. The van der Waals surface area contributed by atoms with Gasteiger partial charge in [0.15, 0.2) is 0 Å². The van der Waals surface area contributed by atoms with Gasteiger partial charge in [-0.3, -0.25) is 9.78 Å². The minimum absolute atomic E-state index is 0.130. The quantitative estimate of drug-likeness (QED) is 0.655. The van der Waals surface area contributed by atoms with E-state index in [1.165, 1.54) is 5.56 Å². The van der Waals surface area contributed by atoms with Crippen LogP contribution < -0.4 is 10.6 Å². The first-order chi connectivity index (χ1) is 12.7. The lowest BCUT2D eigenvalue weighted by Crippen LogP contribution is -2.25. The molecule has 2 aromatic carbocycles. The first kappa shape index (κ1) is 18.0. The highest BCUT2D eigenvalue weighted by Crippen LogP contribution is 2.11. The highest BCUT2D eigenvalue weighted by molar-refractivity contribution is 6.30. The number of rotatable bonds is 7. The van der Waals surface area contributed by atoms with E-state index in [9.17, 15) is 4.79 Å². The van der Waals surface area contributed by atoms with Gasteiger partial charge in [-0.25, -0.2) is 0 Å². The minimum atomic E-state index is -0.130. The molecular formula is C21H20ClN3O. The fourth-order valence-corrected chi connectivity index (χ4v) is 2.66. The van der Waals surface area contributed by atoms with Gasteiger partial charge in [-0.2, -0.15) is 0 Å². The van der Waals surface area contributed by atoms with Crippen LogP contribution in [0.25, 0.3) is 0 Å². The smallest absolute Gasteiger partial charge is 0.252 e. The molecule has 5 heteroatoms. The SMILES string of the molecule is O=C(NCCc1ccc(Cl)cc1)c1cncc(NCc2ccccc2)c1. The monoisotopic (exact) mass is 365 g/mol. The van der Waals surface area contributed by atoms with E-state index in [2.05, 4.69) is 15.6 Å². The molecule has 3 rings (SSSR count). The minimum Gasteiger partial charge on any atom is -0.380 e. The van der Waals surface area contributed by atoms with E-state index >= 15 is 0 Å². The second-order valence-electron chi connectivity index (χ2n) is 5.93. The van der Waals surface area contributed by atoms with Gasteiger partial charge < -0.3 is 10.6 Å². The zero-order valence-electron chi connectivity index (χ0n) is 14.3. The Kier molecular flexibility index (Phi) is 6.23. The van der Waals surface area contributed by atoms with E-state index in [0.717, 1.165) is 17.7 Å². The van der Waals surface area contributed by atoms with Crippen LogP contribution in [0.15, 0.2) is 73.1 Å². The van der Waals surface area contributed by atoms with Crippen molar-refractivity contribution in [3.63, 3.8) is 0 Å². The Balaban J connectivity index is 1.51. The average Bonchev–Trinajstić information content (AvgIpc) is 2.69. The maximum Gasteiger partial charge on any atom is 0.252 e. The Hall–Kier alpha value is -2.85. The van der Waals surface area contributed by atoms with E-state index in [1.54, 1.807) is 12.4 Å². The third-order valence-corrected chi connectivity index (χ3v) is 4.20. The molecular weight excluding hydrogens is 346 g/mol. The number of hydrogen-bond donors (Lipinski definition) is 2. The number of amides is 1. The lowest BCUT2D eigenvalue weighted by Gasteiger charge is -2.09. The Morgan fingerprint density at radius 1 is 0.962 bits per heavy atom. The van der Waals surface area contributed by atoms with Gasteiger partial charge in [0.1, 0.15) is 0 Å². The average molecular weight is 366 g/mol. The second kappa shape index (κ2) is 9.02. The number of halogens is 1. The molecule has 1 amide bonds. The molecule has 0 fully saturated rings. The fraction of sp³-hybridized carbons (Fsp3) is 0.143. The second-order valence-corrected chi connectivity index (χ2v) is 6.37. The summed E-state index contributed by atoms with van der Waals surface area (Å²) >= 11 is 5.87.